The van der Waals surface area contributed by atoms with E-state index in [0.717, 1.165) is 43.9 Å². The SMILES string of the molecule is CN1CCCC(c2cn3c(cnc4[nH]cc(C5CCOCC5)c43)n2)C1. The molecule has 6 heteroatoms. The maximum atomic E-state index is 5.54. The maximum Gasteiger partial charge on any atom is 0.156 e. The predicted octanol–water partition coefficient (Wildman–Crippen LogP) is 2.91. The summed E-state index contributed by atoms with van der Waals surface area (Å²) in [7, 11) is 2.21. The van der Waals surface area contributed by atoms with Crippen molar-refractivity contribution in [2.75, 3.05) is 33.4 Å². The lowest BCUT2D eigenvalue weighted by Gasteiger charge is -2.28. The molecule has 0 bridgehead atoms. The molecule has 0 aromatic carbocycles. The number of aromatic nitrogens is 4. The van der Waals surface area contributed by atoms with E-state index in [2.05, 4.69) is 38.7 Å². The first-order valence-electron chi connectivity index (χ1n) is 9.41. The van der Waals surface area contributed by atoms with Crippen molar-refractivity contribution in [2.45, 2.75) is 37.5 Å². The minimum Gasteiger partial charge on any atom is -0.381 e. The number of rotatable bonds is 2. The highest BCUT2D eigenvalue weighted by atomic mass is 16.5. The Morgan fingerprint density at radius 1 is 1.20 bits per heavy atom. The summed E-state index contributed by atoms with van der Waals surface area (Å²) in [6.07, 6.45) is 10.9. The number of likely N-dealkylation sites (N-methyl/N-ethyl adjacent to an activating group) is 1. The van der Waals surface area contributed by atoms with Gasteiger partial charge in [0.05, 0.1) is 17.4 Å². The van der Waals surface area contributed by atoms with Gasteiger partial charge in [-0.1, -0.05) is 0 Å². The van der Waals surface area contributed by atoms with Gasteiger partial charge in [0.2, 0.25) is 0 Å². The largest absolute Gasteiger partial charge is 0.381 e. The third-order valence-corrected chi connectivity index (χ3v) is 5.87. The van der Waals surface area contributed by atoms with Gasteiger partial charge < -0.3 is 14.6 Å². The third kappa shape index (κ3) is 2.64. The van der Waals surface area contributed by atoms with Crippen molar-refractivity contribution in [1.82, 2.24) is 24.3 Å². The first-order valence-corrected chi connectivity index (χ1v) is 9.41. The van der Waals surface area contributed by atoms with Crippen LogP contribution in [-0.4, -0.2) is 57.6 Å². The van der Waals surface area contributed by atoms with Gasteiger partial charge in [-0.2, -0.15) is 0 Å². The molecule has 0 radical (unpaired) electrons. The van der Waals surface area contributed by atoms with E-state index in [-0.39, 0.29) is 0 Å². The lowest BCUT2D eigenvalue weighted by Crippen LogP contribution is -2.30. The van der Waals surface area contributed by atoms with E-state index in [1.807, 2.05) is 6.20 Å². The van der Waals surface area contributed by atoms with E-state index >= 15 is 0 Å². The molecule has 3 aromatic heterocycles. The minimum atomic E-state index is 0.527. The number of hydrogen-bond donors (Lipinski definition) is 1. The van der Waals surface area contributed by atoms with E-state index in [0.29, 0.717) is 11.8 Å². The second-order valence-electron chi connectivity index (χ2n) is 7.58. The molecule has 5 heterocycles. The van der Waals surface area contributed by atoms with Crippen molar-refractivity contribution in [1.29, 1.82) is 0 Å². The van der Waals surface area contributed by atoms with Gasteiger partial charge in [0.25, 0.3) is 0 Å². The Hall–Kier alpha value is -1.92. The molecular formula is C19H25N5O. The van der Waals surface area contributed by atoms with E-state index in [1.165, 1.54) is 36.2 Å². The average Bonchev–Trinajstić information content (AvgIpc) is 3.26. The molecule has 1 atom stereocenters. The number of aromatic amines is 1. The van der Waals surface area contributed by atoms with Gasteiger partial charge in [-0.05, 0) is 50.8 Å². The molecule has 0 saturated carbocycles. The van der Waals surface area contributed by atoms with Crippen molar-refractivity contribution in [3.63, 3.8) is 0 Å². The Morgan fingerprint density at radius 2 is 2.08 bits per heavy atom. The summed E-state index contributed by atoms with van der Waals surface area (Å²) in [5, 5.41) is 0. The highest BCUT2D eigenvalue weighted by molar-refractivity contribution is 5.79. The summed E-state index contributed by atoms with van der Waals surface area (Å²) in [6, 6.07) is 0. The van der Waals surface area contributed by atoms with Crippen LogP contribution >= 0.6 is 0 Å². The van der Waals surface area contributed by atoms with Crippen molar-refractivity contribution < 1.29 is 4.74 Å². The second kappa shape index (κ2) is 6.11. The summed E-state index contributed by atoms with van der Waals surface area (Å²) in [4.78, 5) is 15.3. The van der Waals surface area contributed by atoms with Crippen LogP contribution in [0.4, 0.5) is 0 Å². The Morgan fingerprint density at radius 3 is 2.92 bits per heavy atom. The van der Waals surface area contributed by atoms with Crippen LogP contribution in [0.3, 0.4) is 0 Å². The normalized spacial score (nSPS) is 23.6. The van der Waals surface area contributed by atoms with Gasteiger partial charge in [0.1, 0.15) is 0 Å². The monoisotopic (exact) mass is 339 g/mol. The number of nitrogens with zero attached hydrogens (tertiary/aromatic N) is 4. The molecule has 3 aromatic rings. The lowest BCUT2D eigenvalue weighted by atomic mass is 9.93. The molecule has 2 aliphatic rings. The fraction of sp³-hybridized carbons (Fsp3) is 0.579. The molecule has 2 aliphatic heterocycles. The Labute approximate surface area is 147 Å². The summed E-state index contributed by atoms with van der Waals surface area (Å²) in [6.45, 7) is 4.00. The molecular weight excluding hydrogens is 314 g/mol. The zero-order valence-electron chi connectivity index (χ0n) is 14.7. The number of nitrogens with one attached hydrogen (secondary N) is 1. The first kappa shape index (κ1) is 15.3. The first-order chi connectivity index (χ1) is 12.3. The highest BCUT2D eigenvalue weighted by Crippen LogP contribution is 2.33. The number of H-pyrrole nitrogens is 1. The Bertz CT molecular complexity index is 892. The number of piperidine rings is 1. The van der Waals surface area contributed by atoms with E-state index in [9.17, 15) is 0 Å². The molecule has 2 fully saturated rings. The van der Waals surface area contributed by atoms with Gasteiger partial charge >= 0.3 is 0 Å². The molecule has 2 saturated heterocycles. The van der Waals surface area contributed by atoms with Crippen molar-refractivity contribution >= 4 is 16.8 Å². The summed E-state index contributed by atoms with van der Waals surface area (Å²) in [5.74, 6) is 1.07. The number of hydrogen-bond acceptors (Lipinski definition) is 4. The van der Waals surface area contributed by atoms with Crippen LogP contribution in [0.15, 0.2) is 18.6 Å². The van der Waals surface area contributed by atoms with Crippen molar-refractivity contribution in [3.05, 3.63) is 29.8 Å². The molecule has 1 unspecified atom stereocenters. The summed E-state index contributed by atoms with van der Waals surface area (Å²) in [5.41, 5.74) is 5.69. The summed E-state index contributed by atoms with van der Waals surface area (Å²) >= 11 is 0. The number of imidazole rings is 1. The number of fused-ring (bicyclic) bond motifs is 3. The second-order valence-corrected chi connectivity index (χ2v) is 7.58. The molecule has 6 nitrogen and oxygen atoms in total. The Kier molecular flexibility index (Phi) is 3.75. The Balaban J connectivity index is 1.60. The minimum absolute atomic E-state index is 0.527. The van der Waals surface area contributed by atoms with E-state index in [4.69, 9.17) is 9.72 Å². The number of likely N-dealkylation sites (tertiary alicyclic amines) is 1. The van der Waals surface area contributed by atoms with Crippen LogP contribution in [0, 0.1) is 0 Å². The molecule has 0 spiro atoms. The fourth-order valence-electron chi connectivity index (χ4n) is 4.50. The molecule has 5 rings (SSSR count). The molecule has 132 valence electrons. The van der Waals surface area contributed by atoms with Crippen LogP contribution in [0.2, 0.25) is 0 Å². The van der Waals surface area contributed by atoms with Crippen molar-refractivity contribution in [3.8, 4) is 0 Å². The van der Waals surface area contributed by atoms with Crippen LogP contribution in [0.25, 0.3) is 16.8 Å². The quantitative estimate of drug-likeness (QED) is 0.780. The lowest BCUT2D eigenvalue weighted by molar-refractivity contribution is 0.0856. The van der Waals surface area contributed by atoms with Crippen LogP contribution in [-0.2, 0) is 4.74 Å². The smallest absolute Gasteiger partial charge is 0.156 e. The molecule has 0 amide bonds. The topological polar surface area (TPSA) is 58.5 Å². The van der Waals surface area contributed by atoms with Crippen LogP contribution < -0.4 is 0 Å². The summed E-state index contributed by atoms with van der Waals surface area (Å²) < 4.78 is 7.80. The standard InChI is InChI=1S/C19H25N5O/c1-23-6-2-3-14(11-23)16-12-24-17(22-16)10-21-19-18(24)15(9-20-19)13-4-7-25-8-5-13/h9-10,12-14,20H,2-8,11H2,1H3. The average molecular weight is 339 g/mol. The highest BCUT2D eigenvalue weighted by Gasteiger charge is 2.24. The number of ether oxygens (including phenoxy) is 1. The maximum absolute atomic E-state index is 5.54. The van der Waals surface area contributed by atoms with Crippen molar-refractivity contribution in [2.24, 2.45) is 0 Å². The zero-order chi connectivity index (χ0) is 16.8. The van der Waals surface area contributed by atoms with Crippen LogP contribution in [0.1, 0.15) is 48.8 Å². The zero-order valence-corrected chi connectivity index (χ0v) is 14.7. The van der Waals surface area contributed by atoms with Gasteiger partial charge in [0.15, 0.2) is 11.3 Å². The third-order valence-electron chi connectivity index (χ3n) is 5.87. The van der Waals surface area contributed by atoms with Gasteiger partial charge in [-0.25, -0.2) is 9.97 Å². The predicted molar refractivity (Wildman–Crippen MR) is 97.1 cm³/mol. The van der Waals surface area contributed by atoms with Gasteiger partial charge in [-0.15, -0.1) is 0 Å². The molecule has 25 heavy (non-hydrogen) atoms. The molecule has 1 N–H and O–H groups in total. The van der Waals surface area contributed by atoms with E-state index in [1.54, 1.807) is 0 Å². The fourth-order valence-corrected chi connectivity index (χ4v) is 4.50. The van der Waals surface area contributed by atoms with Crippen LogP contribution in [0.5, 0.6) is 0 Å². The van der Waals surface area contributed by atoms with Gasteiger partial charge in [-0.3, -0.25) is 4.40 Å². The molecule has 0 aliphatic carbocycles. The van der Waals surface area contributed by atoms with E-state index < -0.39 is 0 Å². The van der Waals surface area contributed by atoms with Gasteiger partial charge in [0, 0.05) is 38.1 Å².